The van der Waals surface area contributed by atoms with Gasteiger partial charge in [-0.3, -0.25) is 4.90 Å². The maximum Gasteiger partial charge on any atom is 0.144 e. The van der Waals surface area contributed by atoms with Gasteiger partial charge >= 0.3 is 0 Å². The SMILES string of the molecule is CCN(Cc1nc(C)cc(Cl)n1)CC1CCC1. The predicted molar refractivity (Wildman–Crippen MR) is 70.1 cm³/mol. The maximum atomic E-state index is 5.95. The van der Waals surface area contributed by atoms with Crippen LogP contribution in [0, 0.1) is 12.8 Å². The quantitative estimate of drug-likeness (QED) is 0.756. The minimum absolute atomic E-state index is 0.548. The number of aryl methyl sites for hydroxylation is 1. The van der Waals surface area contributed by atoms with Crippen molar-refractivity contribution in [3.63, 3.8) is 0 Å². The van der Waals surface area contributed by atoms with Crippen molar-refractivity contribution in [3.8, 4) is 0 Å². The minimum Gasteiger partial charge on any atom is -0.296 e. The molecule has 0 unspecified atom stereocenters. The second kappa shape index (κ2) is 5.78. The molecule has 0 radical (unpaired) electrons. The molecule has 1 aromatic rings. The summed E-state index contributed by atoms with van der Waals surface area (Å²) in [5, 5.41) is 0.548. The van der Waals surface area contributed by atoms with Crippen LogP contribution in [0.1, 0.15) is 37.7 Å². The number of nitrogens with zero attached hydrogens (tertiary/aromatic N) is 3. The van der Waals surface area contributed by atoms with E-state index in [1.165, 1.54) is 25.8 Å². The minimum atomic E-state index is 0.548. The molecule has 1 saturated carbocycles. The van der Waals surface area contributed by atoms with Crippen LogP contribution in [-0.4, -0.2) is 28.0 Å². The number of hydrogen-bond acceptors (Lipinski definition) is 3. The Hall–Kier alpha value is -0.670. The molecule has 1 aromatic heterocycles. The number of hydrogen-bond donors (Lipinski definition) is 0. The molecule has 1 heterocycles. The number of aromatic nitrogens is 2. The summed E-state index contributed by atoms with van der Waals surface area (Å²) in [5.74, 6) is 1.73. The molecule has 0 aliphatic heterocycles. The van der Waals surface area contributed by atoms with E-state index in [1.54, 1.807) is 6.07 Å². The Morgan fingerprint density at radius 2 is 2.18 bits per heavy atom. The molecule has 17 heavy (non-hydrogen) atoms. The molecule has 0 aromatic carbocycles. The van der Waals surface area contributed by atoms with Gasteiger partial charge in [-0.2, -0.15) is 0 Å². The van der Waals surface area contributed by atoms with E-state index >= 15 is 0 Å². The normalized spacial score (nSPS) is 16.2. The molecular weight excluding hydrogens is 234 g/mol. The van der Waals surface area contributed by atoms with E-state index in [2.05, 4.69) is 21.8 Å². The average molecular weight is 254 g/mol. The molecule has 0 spiro atoms. The van der Waals surface area contributed by atoms with Gasteiger partial charge in [0, 0.05) is 12.2 Å². The third kappa shape index (κ3) is 3.65. The van der Waals surface area contributed by atoms with Crippen LogP contribution in [0.4, 0.5) is 0 Å². The molecule has 2 rings (SSSR count). The molecule has 0 atom stereocenters. The summed E-state index contributed by atoms with van der Waals surface area (Å²) >= 11 is 5.95. The first-order valence-corrected chi connectivity index (χ1v) is 6.77. The van der Waals surface area contributed by atoms with Gasteiger partial charge in [-0.1, -0.05) is 24.9 Å². The fourth-order valence-electron chi connectivity index (χ4n) is 2.21. The Labute approximate surface area is 108 Å². The molecule has 0 saturated heterocycles. The van der Waals surface area contributed by atoms with Crippen LogP contribution in [-0.2, 0) is 6.54 Å². The first kappa shape index (κ1) is 12.8. The average Bonchev–Trinajstić information content (AvgIpc) is 2.20. The van der Waals surface area contributed by atoms with Gasteiger partial charge in [-0.05, 0) is 38.3 Å². The third-order valence-electron chi connectivity index (χ3n) is 3.42. The fourth-order valence-corrected chi connectivity index (χ4v) is 2.46. The molecule has 94 valence electrons. The van der Waals surface area contributed by atoms with Crippen molar-refractivity contribution >= 4 is 11.6 Å². The first-order chi connectivity index (χ1) is 8.17. The van der Waals surface area contributed by atoms with Crippen LogP contribution in [0.3, 0.4) is 0 Å². The van der Waals surface area contributed by atoms with Crippen molar-refractivity contribution < 1.29 is 0 Å². The lowest BCUT2D eigenvalue weighted by molar-refractivity contribution is 0.175. The van der Waals surface area contributed by atoms with Gasteiger partial charge in [0.2, 0.25) is 0 Å². The molecule has 4 heteroatoms. The van der Waals surface area contributed by atoms with E-state index < -0.39 is 0 Å². The van der Waals surface area contributed by atoms with Gasteiger partial charge in [0.05, 0.1) is 6.54 Å². The van der Waals surface area contributed by atoms with E-state index in [1.807, 2.05) is 6.92 Å². The maximum absolute atomic E-state index is 5.95. The molecule has 0 amide bonds. The Bertz CT molecular complexity index is 357. The Morgan fingerprint density at radius 3 is 2.71 bits per heavy atom. The summed E-state index contributed by atoms with van der Waals surface area (Å²) in [6.45, 7) is 7.18. The van der Waals surface area contributed by atoms with E-state index in [9.17, 15) is 0 Å². The third-order valence-corrected chi connectivity index (χ3v) is 3.62. The molecule has 0 bridgehead atoms. The van der Waals surface area contributed by atoms with Crippen molar-refractivity contribution in [3.05, 3.63) is 22.7 Å². The highest BCUT2D eigenvalue weighted by Crippen LogP contribution is 2.27. The van der Waals surface area contributed by atoms with Crippen molar-refractivity contribution in [1.29, 1.82) is 0 Å². The fraction of sp³-hybridized carbons (Fsp3) is 0.692. The smallest absolute Gasteiger partial charge is 0.144 e. The summed E-state index contributed by atoms with van der Waals surface area (Å²) in [7, 11) is 0. The van der Waals surface area contributed by atoms with Crippen LogP contribution in [0.25, 0.3) is 0 Å². The summed E-state index contributed by atoms with van der Waals surface area (Å²) in [4.78, 5) is 11.1. The van der Waals surface area contributed by atoms with Crippen LogP contribution < -0.4 is 0 Å². The molecule has 1 fully saturated rings. The monoisotopic (exact) mass is 253 g/mol. The summed E-state index contributed by atoms with van der Waals surface area (Å²) in [5.41, 5.74) is 0.944. The van der Waals surface area contributed by atoms with Gasteiger partial charge in [0.25, 0.3) is 0 Å². The van der Waals surface area contributed by atoms with Gasteiger partial charge in [-0.15, -0.1) is 0 Å². The zero-order valence-corrected chi connectivity index (χ0v) is 11.4. The molecule has 1 aliphatic carbocycles. The van der Waals surface area contributed by atoms with Crippen LogP contribution >= 0.6 is 11.6 Å². The lowest BCUT2D eigenvalue weighted by Crippen LogP contribution is -2.32. The highest BCUT2D eigenvalue weighted by molar-refractivity contribution is 6.29. The van der Waals surface area contributed by atoms with E-state index in [0.29, 0.717) is 5.15 Å². The molecule has 1 aliphatic rings. The number of halogens is 1. The first-order valence-electron chi connectivity index (χ1n) is 6.39. The highest BCUT2D eigenvalue weighted by Gasteiger charge is 2.20. The van der Waals surface area contributed by atoms with E-state index in [4.69, 9.17) is 11.6 Å². The van der Waals surface area contributed by atoms with Gasteiger partial charge in [0.15, 0.2) is 0 Å². The lowest BCUT2D eigenvalue weighted by atomic mass is 9.85. The van der Waals surface area contributed by atoms with Crippen LogP contribution in [0.5, 0.6) is 0 Å². The summed E-state index contributed by atoms with van der Waals surface area (Å²) in [6.07, 6.45) is 4.16. The van der Waals surface area contributed by atoms with Gasteiger partial charge in [-0.25, -0.2) is 9.97 Å². The molecule has 0 N–H and O–H groups in total. The van der Waals surface area contributed by atoms with Gasteiger partial charge < -0.3 is 0 Å². The second-order valence-corrected chi connectivity index (χ2v) is 5.26. The summed E-state index contributed by atoms with van der Waals surface area (Å²) in [6, 6.07) is 1.80. The van der Waals surface area contributed by atoms with Crippen LogP contribution in [0.2, 0.25) is 5.15 Å². The zero-order chi connectivity index (χ0) is 12.3. The van der Waals surface area contributed by atoms with Crippen molar-refractivity contribution in [1.82, 2.24) is 14.9 Å². The molecular formula is C13H20ClN3. The Morgan fingerprint density at radius 1 is 1.41 bits per heavy atom. The molecule has 3 nitrogen and oxygen atoms in total. The lowest BCUT2D eigenvalue weighted by Gasteiger charge is -2.31. The summed E-state index contributed by atoms with van der Waals surface area (Å²) < 4.78 is 0. The predicted octanol–water partition coefficient (Wildman–Crippen LogP) is 3.06. The van der Waals surface area contributed by atoms with Gasteiger partial charge in [0.1, 0.15) is 11.0 Å². The van der Waals surface area contributed by atoms with E-state index in [-0.39, 0.29) is 0 Å². The van der Waals surface area contributed by atoms with Crippen molar-refractivity contribution in [2.24, 2.45) is 5.92 Å². The van der Waals surface area contributed by atoms with E-state index in [0.717, 1.165) is 30.5 Å². The Kier molecular flexibility index (Phi) is 4.35. The topological polar surface area (TPSA) is 29.0 Å². The second-order valence-electron chi connectivity index (χ2n) is 4.87. The van der Waals surface area contributed by atoms with Crippen molar-refractivity contribution in [2.75, 3.05) is 13.1 Å². The van der Waals surface area contributed by atoms with Crippen LogP contribution in [0.15, 0.2) is 6.07 Å². The van der Waals surface area contributed by atoms with Crippen molar-refractivity contribution in [2.45, 2.75) is 39.7 Å². The Balaban J connectivity index is 1.96. The standard InChI is InChI=1S/C13H20ClN3/c1-3-17(8-11-5-4-6-11)9-13-15-10(2)7-12(14)16-13/h7,11H,3-6,8-9H2,1-2H3. The number of rotatable bonds is 5. The zero-order valence-electron chi connectivity index (χ0n) is 10.6. The highest BCUT2D eigenvalue weighted by atomic mass is 35.5. The largest absolute Gasteiger partial charge is 0.296 e.